The first-order valence-electron chi connectivity index (χ1n) is 5.23. The Labute approximate surface area is 95.0 Å². The normalized spacial score (nSPS) is 12.1. The number of rotatable bonds is 6. The predicted octanol–water partition coefficient (Wildman–Crippen LogP) is 2.10. The van der Waals surface area contributed by atoms with Crippen molar-refractivity contribution >= 4 is 12.0 Å². The Morgan fingerprint density at radius 1 is 1.44 bits per heavy atom. The molecule has 0 spiro atoms. The molecule has 0 saturated heterocycles. The van der Waals surface area contributed by atoms with Gasteiger partial charge in [0.25, 0.3) is 0 Å². The lowest BCUT2D eigenvalue weighted by molar-refractivity contribution is -0.139. The van der Waals surface area contributed by atoms with Gasteiger partial charge in [-0.3, -0.25) is 4.79 Å². The molecule has 0 aromatic heterocycles. The smallest absolute Gasteiger partial charge is 0.305 e. The zero-order valence-corrected chi connectivity index (χ0v) is 9.10. The number of aryl methyl sites for hydroxylation is 1. The molecule has 3 nitrogen and oxygen atoms in total. The molecule has 1 aromatic carbocycles. The number of aliphatic hydroxyl groups excluding tert-OH is 1. The van der Waals surface area contributed by atoms with Crippen LogP contribution >= 0.6 is 0 Å². The highest BCUT2D eigenvalue weighted by Gasteiger charge is 2.10. The highest BCUT2D eigenvalue weighted by atomic mass is 16.4. The van der Waals surface area contributed by atoms with E-state index in [4.69, 9.17) is 5.11 Å². The van der Waals surface area contributed by atoms with Gasteiger partial charge >= 0.3 is 5.97 Å². The van der Waals surface area contributed by atoms with Crippen LogP contribution in [0.1, 0.15) is 24.0 Å². The van der Waals surface area contributed by atoms with Gasteiger partial charge in [0.1, 0.15) is 0 Å². The van der Waals surface area contributed by atoms with Gasteiger partial charge in [0, 0.05) is 0 Å². The van der Waals surface area contributed by atoms with Crippen LogP contribution in [0.15, 0.2) is 30.8 Å². The van der Waals surface area contributed by atoms with Gasteiger partial charge in [0.05, 0.1) is 12.5 Å². The van der Waals surface area contributed by atoms with Crippen molar-refractivity contribution < 1.29 is 15.0 Å². The summed E-state index contributed by atoms with van der Waals surface area (Å²) in [6.07, 6.45) is 1.90. The zero-order valence-electron chi connectivity index (χ0n) is 9.10. The van der Waals surface area contributed by atoms with Gasteiger partial charge in [0.15, 0.2) is 0 Å². The minimum absolute atomic E-state index is 0.198. The van der Waals surface area contributed by atoms with Crippen LogP contribution < -0.4 is 0 Å². The number of carboxylic acids is 1. The maximum atomic E-state index is 10.4. The molecule has 0 bridgehead atoms. The van der Waals surface area contributed by atoms with Gasteiger partial charge in [-0.15, -0.1) is 0 Å². The van der Waals surface area contributed by atoms with Gasteiger partial charge < -0.3 is 10.2 Å². The molecule has 0 heterocycles. The minimum atomic E-state index is -0.968. The van der Waals surface area contributed by atoms with Crippen molar-refractivity contribution in [1.29, 1.82) is 0 Å². The van der Waals surface area contributed by atoms with E-state index in [0.29, 0.717) is 12.8 Å². The number of aliphatic carboxylic acids is 1. The predicted molar refractivity (Wildman–Crippen MR) is 63.1 cm³/mol. The minimum Gasteiger partial charge on any atom is -0.481 e. The number of hydrogen-bond donors (Lipinski definition) is 2. The van der Waals surface area contributed by atoms with Crippen LogP contribution in [0.5, 0.6) is 0 Å². The Balaban J connectivity index is 2.54. The number of hydrogen-bond acceptors (Lipinski definition) is 2. The molecule has 0 amide bonds. The number of aliphatic hydroxyl groups is 1. The maximum Gasteiger partial charge on any atom is 0.305 e. The van der Waals surface area contributed by atoms with Crippen molar-refractivity contribution in [3.63, 3.8) is 0 Å². The maximum absolute atomic E-state index is 10.4. The second-order valence-corrected chi connectivity index (χ2v) is 3.69. The SMILES string of the molecule is C=Cc1ccccc1CCC(O)CC(=O)O. The molecule has 86 valence electrons. The summed E-state index contributed by atoms with van der Waals surface area (Å²) in [5, 5.41) is 17.9. The van der Waals surface area contributed by atoms with Gasteiger partial charge in [-0.1, -0.05) is 36.9 Å². The molecule has 0 saturated carbocycles. The van der Waals surface area contributed by atoms with Gasteiger partial charge in [-0.25, -0.2) is 0 Å². The molecule has 0 aliphatic rings. The quantitative estimate of drug-likeness (QED) is 0.771. The molecule has 0 radical (unpaired) electrons. The van der Waals surface area contributed by atoms with Crippen LogP contribution in [0.2, 0.25) is 0 Å². The molecule has 3 heteroatoms. The Bertz CT molecular complexity index is 371. The molecule has 0 aliphatic heterocycles. The van der Waals surface area contributed by atoms with E-state index in [1.54, 1.807) is 6.08 Å². The second kappa shape index (κ2) is 6.08. The summed E-state index contributed by atoms with van der Waals surface area (Å²) in [6.45, 7) is 3.71. The first-order chi connectivity index (χ1) is 7.63. The van der Waals surface area contributed by atoms with Crippen LogP contribution in [0.25, 0.3) is 6.08 Å². The average Bonchev–Trinajstić information content (AvgIpc) is 2.26. The Morgan fingerprint density at radius 2 is 2.12 bits per heavy atom. The van der Waals surface area contributed by atoms with Crippen molar-refractivity contribution in [2.75, 3.05) is 0 Å². The van der Waals surface area contributed by atoms with E-state index in [1.807, 2.05) is 24.3 Å². The van der Waals surface area contributed by atoms with E-state index < -0.39 is 12.1 Å². The molecule has 1 unspecified atom stereocenters. The highest BCUT2D eigenvalue weighted by molar-refractivity contribution is 5.67. The Hall–Kier alpha value is -1.61. The Kier molecular flexibility index (Phi) is 4.73. The number of carboxylic acid groups (broad SMARTS) is 1. The molecule has 0 aliphatic carbocycles. The molecule has 1 aromatic rings. The van der Waals surface area contributed by atoms with E-state index in [-0.39, 0.29) is 6.42 Å². The molecule has 2 N–H and O–H groups in total. The topological polar surface area (TPSA) is 57.5 Å². The van der Waals surface area contributed by atoms with Gasteiger partial charge in [0.2, 0.25) is 0 Å². The van der Waals surface area contributed by atoms with Crippen molar-refractivity contribution in [3.05, 3.63) is 42.0 Å². The average molecular weight is 220 g/mol. The van der Waals surface area contributed by atoms with E-state index >= 15 is 0 Å². The van der Waals surface area contributed by atoms with Crippen LogP contribution in [0.3, 0.4) is 0 Å². The monoisotopic (exact) mass is 220 g/mol. The van der Waals surface area contributed by atoms with Crippen molar-refractivity contribution in [1.82, 2.24) is 0 Å². The van der Waals surface area contributed by atoms with Gasteiger partial charge in [-0.05, 0) is 24.0 Å². The number of carbonyl (C=O) groups is 1. The molecular formula is C13H16O3. The lowest BCUT2D eigenvalue weighted by atomic mass is 10.0. The van der Waals surface area contributed by atoms with Crippen LogP contribution in [-0.2, 0) is 11.2 Å². The summed E-state index contributed by atoms with van der Waals surface area (Å²) < 4.78 is 0. The van der Waals surface area contributed by atoms with E-state index in [9.17, 15) is 9.90 Å². The third-order valence-electron chi connectivity index (χ3n) is 2.43. The van der Waals surface area contributed by atoms with Crippen LogP contribution in [0, 0.1) is 0 Å². The van der Waals surface area contributed by atoms with E-state index in [0.717, 1.165) is 11.1 Å². The first-order valence-corrected chi connectivity index (χ1v) is 5.23. The second-order valence-electron chi connectivity index (χ2n) is 3.69. The largest absolute Gasteiger partial charge is 0.481 e. The van der Waals surface area contributed by atoms with E-state index in [2.05, 4.69) is 6.58 Å². The molecular weight excluding hydrogens is 204 g/mol. The third-order valence-corrected chi connectivity index (χ3v) is 2.43. The van der Waals surface area contributed by atoms with Crippen LogP contribution in [-0.4, -0.2) is 22.3 Å². The fourth-order valence-corrected chi connectivity index (χ4v) is 1.59. The summed E-state index contributed by atoms with van der Waals surface area (Å²) >= 11 is 0. The fourth-order valence-electron chi connectivity index (χ4n) is 1.59. The molecule has 1 rings (SSSR count). The van der Waals surface area contributed by atoms with Crippen LogP contribution in [0.4, 0.5) is 0 Å². The zero-order chi connectivity index (χ0) is 12.0. The summed E-state index contributed by atoms with van der Waals surface area (Å²) in [6, 6.07) is 7.76. The lowest BCUT2D eigenvalue weighted by Crippen LogP contribution is -2.13. The molecule has 16 heavy (non-hydrogen) atoms. The van der Waals surface area contributed by atoms with E-state index in [1.165, 1.54) is 0 Å². The van der Waals surface area contributed by atoms with Crippen molar-refractivity contribution in [2.45, 2.75) is 25.4 Å². The van der Waals surface area contributed by atoms with Gasteiger partial charge in [-0.2, -0.15) is 0 Å². The molecule has 1 atom stereocenters. The molecule has 0 fully saturated rings. The highest BCUT2D eigenvalue weighted by Crippen LogP contribution is 2.14. The fraction of sp³-hybridized carbons (Fsp3) is 0.308. The standard InChI is InChI=1S/C13H16O3/c1-2-10-5-3-4-6-11(10)7-8-12(14)9-13(15)16/h2-6,12,14H,1,7-9H2,(H,15,16). The van der Waals surface area contributed by atoms with Crippen molar-refractivity contribution in [2.24, 2.45) is 0 Å². The summed E-state index contributed by atoms with van der Waals surface area (Å²) in [4.78, 5) is 10.4. The first kappa shape index (κ1) is 12.5. The summed E-state index contributed by atoms with van der Waals surface area (Å²) in [5.41, 5.74) is 2.12. The number of benzene rings is 1. The summed E-state index contributed by atoms with van der Waals surface area (Å²) in [7, 11) is 0. The lowest BCUT2D eigenvalue weighted by Gasteiger charge is -2.09. The summed E-state index contributed by atoms with van der Waals surface area (Å²) in [5.74, 6) is -0.968. The third kappa shape index (κ3) is 3.87. The Morgan fingerprint density at radius 3 is 2.75 bits per heavy atom. The van der Waals surface area contributed by atoms with Crippen molar-refractivity contribution in [3.8, 4) is 0 Å².